The normalized spacial score (nSPS) is 11.7. The van der Waals surface area contributed by atoms with Crippen molar-refractivity contribution < 1.29 is 13.5 Å². The topological polar surface area (TPSA) is 83.4 Å². The Morgan fingerprint density at radius 3 is 1.90 bits per heavy atom. The molecule has 0 bridgehead atoms. The molecule has 1 heterocycles. The molecular weight excluding hydrogens is 386 g/mol. The van der Waals surface area contributed by atoms with E-state index in [4.69, 9.17) is 0 Å². The molecule has 6 nitrogen and oxygen atoms in total. The first-order valence-corrected chi connectivity index (χ1v) is 11.0. The molecule has 3 rings (SSSR count). The molecule has 0 saturated carbocycles. The minimum absolute atomic E-state index is 0.0694. The number of hydrogen-bond acceptors (Lipinski definition) is 5. The van der Waals surface area contributed by atoms with E-state index in [0.29, 0.717) is 5.82 Å². The van der Waals surface area contributed by atoms with Gasteiger partial charge in [-0.2, -0.15) is 4.31 Å². The van der Waals surface area contributed by atoms with Gasteiger partial charge in [-0.1, -0.05) is 42.0 Å². The molecule has 2 aromatic carbocycles. The molecule has 0 fully saturated rings. The summed E-state index contributed by atoms with van der Waals surface area (Å²) in [4.78, 5) is 8.41. The number of aromatic nitrogens is 2. The van der Waals surface area contributed by atoms with Crippen LogP contribution in [0.1, 0.15) is 28.1 Å². The summed E-state index contributed by atoms with van der Waals surface area (Å²) in [6.07, 6.45) is 3.63. The van der Waals surface area contributed by atoms with E-state index in [-0.39, 0.29) is 31.0 Å². The molecule has 0 aliphatic carbocycles. The van der Waals surface area contributed by atoms with Crippen molar-refractivity contribution in [2.45, 2.75) is 33.4 Å². The van der Waals surface area contributed by atoms with Gasteiger partial charge in [-0.15, -0.1) is 0 Å². The lowest BCUT2D eigenvalue weighted by atomic mass is 10.1. The van der Waals surface area contributed by atoms with Crippen LogP contribution >= 0.6 is 0 Å². The maximum absolute atomic E-state index is 13.1. The molecule has 0 atom stereocenters. The maximum atomic E-state index is 13.1. The first-order valence-electron chi connectivity index (χ1n) is 9.41. The van der Waals surface area contributed by atoms with Crippen LogP contribution in [0.25, 0.3) is 0 Å². The Morgan fingerprint density at radius 1 is 0.828 bits per heavy atom. The fourth-order valence-electron chi connectivity index (χ4n) is 2.85. The zero-order valence-electron chi connectivity index (χ0n) is 16.6. The number of hydrogen-bond donors (Lipinski definition) is 1. The second-order valence-electron chi connectivity index (χ2n) is 7.16. The third kappa shape index (κ3) is 6.10. The van der Waals surface area contributed by atoms with Gasteiger partial charge in [0, 0.05) is 31.9 Å². The number of sulfonamides is 1. The van der Waals surface area contributed by atoms with Crippen molar-refractivity contribution in [2.75, 3.05) is 5.75 Å². The molecule has 0 radical (unpaired) electrons. The number of aryl methyl sites for hydroxylation is 3. The van der Waals surface area contributed by atoms with Crippen LogP contribution in [0, 0.1) is 13.8 Å². The number of nitrogens with zero attached hydrogens (tertiary/aromatic N) is 3. The third-order valence-electron chi connectivity index (χ3n) is 4.59. The highest BCUT2D eigenvalue weighted by molar-refractivity contribution is 7.89. The van der Waals surface area contributed by atoms with E-state index in [9.17, 15) is 13.5 Å². The van der Waals surface area contributed by atoms with Crippen LogP contribution in [-0.2, 0) is 29.5 Å². The van der Waals surface area contributed by atoms with Crippen LogP contribution in [0.5, 0.6) is 5.75 Å². The number of phenols is 1. The van der Waals surface area contributed by atoms with Gasteiger partial charge in [0.05, 0.1) is 5.75 Å². The van der Waals surface area contributed by atoms with Gasteiger partial charge in [0.15, 0.2) is 0 Å². The molecule has 0 unspecified atom stereocenters. The summed E-state index contributed by atoms with van der Waals surface area (Å²) >= 11 is 0. The average molecular weight is 412 g/mol. The van der Waals surface area contributed by atoms with Crippen molar-refractivity contribution in [2.24, 2.45) is 0 Å². The summed E-state index contributed by atoms with van der Waals surface area (Å²) in [5.41, 5.74) is 3.79. The molecule has 1 aromatic heterocycles. The Hall–Kier alpha value is -2.77. The van der Waals surface area contributed by atoms with Crippen molar-refractivity contribution >= 4 is 10.0 Å². The molecule has 1 N–H and O–H groups in total. The summed E-state index contributed by atoms with van der Waals surface area (Å²) in [6, 6.07) is 14.4. The van der Waals surface area contributed by atoms with Crippen LogP contribution in [0.4, 0.5) is 0 Å². The van der Waals surface area contributed by atoms with Crippen molar-refractivity contribution in [3.8, 4) is 5.75 Å². The summed E-state index contributed by atoms with van der Waals surface area (Å²) < 4.78 is 27.7. The fraction of sp³-hybridized carbons (Fsp3) is 0.273. The molecule has 0 saturated heterocycles. The van der Waals surface area contributed by atoms with Crippen LogP contribution in [0.3, 0.4) is 0 Å². The highest BCUT2D eigenvalue weighted by Crippen LogP contribution is 2.18. The third-order valence-corrected chi connectivity index (χ3v) is 6.35. The predicted octanol–water partition coefficient (Wildman–Crippen LogP) is 3.37. The lowest BCUT2D eigenvalue weighted by molar-refractivity contribution is 0.400. The Kier molecular flexibility index (Phi) is 6.61. The van der Waals surface area contributed by atoms with Crippen LogP contribution < -0.4 is 0 Å². The second-order valence-corrected chi connectivity index (χ2v) is 9.25. The van der Waals surface area contributed by atoms with Crippen molar-refractivity contribution in [1.82, 2.24) is 14.3 Å². The van der Waals surface area contributed by atoms with Gasteiger partial charge in [-0.05, 0) is 42.7 Å². The monoisotopic (exact) mass is 411 g/mol. The predicted molar refractivity (Wildman–Crippen MR) is 113 cm³/mol. The van der Waals surface area contributed by atoms with E-state index in [1.165, 1.54) is 4.31 Å². The molecule has 3 aromatic rings. The SMILES string of the molecule is Cc1ccc(CN(Cc2ccc(O)cc2)S(=O)(=O)CCc2ncc(C)cn2)cc1. The summed E-state index contributed by atoms with van der Waals surface area (Å²) in [5.74, 6) is 0.595. The molecule has 0 aliphatic rings. The van der Waals surface area contributed by atoms with E-state index in [2.05, 4.69) is 9.97 Å². The molecule has 7 heteroatoms. The lowest BCUT2D eigenvalue weighted by Crippen LogP contribution is -2.33. The minimum Gasteiger partial charge on any atom is -0.508 e. The summed E-state index contributed by atoms with van der Waals surface area (Å²) in [5, 5.41) is 9.50. The van der Waals surface area contributed by atoms with Gasteiger partial charge in [0.1, 0.15) is 11.6 Å². The largest absolute Gasteiger partial charge is 0.508 e. The van der Waals surface area contributed by atoms with E-state index in [1.807, 2.05) is 38.1 Å². The first-order chi connectivity index (χ1) is 13.8. The number of aromatic hydroxyl groups is 1. The second kappa shape index (κ2) is 9.15. The Bertz CT molecular complexity index is 985. The van der Waals surface area contributed by atoms with Crippen molar-refractivity contribution in [3.63, 3.8) is 0 Å². The van der Waals surface area contributed by atoms with Crippen molar-refractivity contribution in [1.29, 1.82) is 0 Å². The zero-order chi connectivity index (χ0) is 20.9. The maximum Gasteiger partial charge on any atom is 0.215 e. The molecular formula is C22H25N3O3S. The number of rotatable bonds is 8. The summed E-state index contributed by atoms with van der Waals surface area (Å²) in [6.45, 7) is 4.39. The fourth-order valence-corrected chi connectivity index (χ4v) is 4.24. The average Bonchev–Trinajstić information content (AvgIpc) is 2.70. The number of benzene rings is 2. The minimum atomic E-state index is -3.56. The number of phenolic OH excluding ortho intramolecular Hbond substituents is 1. The Morgan fingerprint density at radius 2 is 1.34 bits per heavy atom. The standard InChI is InChI=1S/C22H25N3O3S/c1-17-3-5-19(6-4-17)15-25(16-20-7-9-21(26)10-8-20)29(27,28)12-11-22-23-13-18(2)14-24-22/h3-10,13-14,26H,11-12,15-16H2,1-2H3. The van der Waals surface area contributed by atoms with Gasteiger partial charge in [0.2, 0.25) is 10.0 Å². The molecule has 152 valence electrons. The molecule has 0 spiro atoms. The molecule has 0 aliphatic heterocycles. The van der Waals surface area contributed by atoms with Gasteiger partial charge >= 0.3 is 0 Å². The van der Waals surface area contributed by atoms with Gasteiger partial charge in [-0.3, -0.25) is 0 Å². The van der Waals surface area contributed by atoms with E-state index < -0.39 is 10.0 Å². The Labute approximate surface area is 171 Å². The Balaban J connectivity index is 1.80. The van der Waals surface area contributed by atoms with Gasteiger partial charge < -0.3 is 5.11 Å². The highest BCUT2D eigenvalue weighted by Gasteiger charge is 2.23. The van der Waals surface area contributed by atoms with Gasteiger partial charge in [0.25, 0.3) is 0 Å². The highest BCUT2D eigenvalue weighted by atomic mass is 32.2. The quantitative estimate of drug-likeness (QED) is 0.614. The molecule has 29 heavy (non-hydrogen) atoms. The first kappa shape index (κ1) is 21.0. The summed E-state index contributed by atoms with van der Waals surface area (Å²) in [7, 11) is -3.56. The lowest BCUT2D eigenvalue weighted by Gasteiger charge is -2.22. The van der Waals surface area contributed by atoms with E-state index in [1.54, 1.807) is 36.7 Å². The van der Waals surface area contributed by atoms with Crippen LogP contribution in [0.2, 0.25) is 0 Å². The van der Waals surface area contributed by atoms with E-state index >= 15 is 0 Å². The van der Waals surface area contributed by atoms with Crippen LogP contribution in [-0.4, -0.2) is 33.6 Å². The van der Waals surface area contributed by atoms with Crippen LogP contribution in [0.15, 0.2) is 60.9 Å². The molecule has 0 amide bonds. The van der Waals surface area contributed by atoms with Gasteiger partial charge in [-0.25, -0.2) is 18.4 Å². The van der Waals surface area contributed by atoms with Crippen molar-refractivity contribution in [3.05, 3.63) is 89.0 Å². The van der Waals surface area contributed by atoms with E-state index in [0.717, 1.165) is 22.3 Å². The smallest absolute Gasteiger partial charge is 0.215 e. The zero-order valence-corrected chi connectivity index (χ0v) is 17.4.